The number of carbonyl (C=O) groups excluding carboxylic acids is 1. The molecule has 0 spiro atoms. The van der Waals surface area contributed by atoms with Gasteiger partial charge in [-0.2, -0.15) is 9.61 Å². The maximum atomic E-state index is 12.8. The summed E-state index contributed by atoms with van der Waals surface area (Å²) >= 11 is 1.50. The van der Waals surface area contributed by atoms with Gasteiger partial charge in [0.2, 0.25) is 10.9 Å². The van der Waals surface area contributed by atoms with Gasteiger partial charge in [-0.15, -0.1) is 10.2 Å². The number of benzene rings is 1. The van der Waals surface area contributed by atoms with E-state index >= 15 is 0 Å². The first-order valence-electron chi connectivity index (χ1n) is 10.2. The Morgan fingerprint density at radius 3 is 2.43 bits per heavy atom. The third kappa shape index (κ3) is 2.83. The zero-order valence-corrected chi connectivity index (χ0v) is 16.5. The van der Waals surface area contributed by atoms with Gasteiger partial charge in [0.1, 0.15) is 11.3 Å². The SMILES string of the molecule is O=C(CC12CC3CC(CC(C3)C1)C2)Nc1ccc(-c2nn3cnnc3s2)cc1. The van der Waals surface area contributed by atoms with Gasteiger partial charge < -0.3 is 5.32 Å². The second-order valence-electron chi connectivity index (χ2n) is 9.19. The number of anilines is 1. The minimum atomic E-state index is 0.175. The molecule has 4 saturated carbocycles. The summed E-state index contributed by atoms with van der Waals surface area (Å²) in [5.74, 6) is 2.82. The van der Waals surface area contributed by atoms with E-state index in [9.17, 15) is 4.79 Å². The maximum absolute atomic E-state index is 12.8. The number of nitrogens with zero attached hydrogens (tertiary/aromatic N) is 4. The number of rotatable bonds is 4. The largest absolute Gasteiger partial charge is 0.326 e. The molecule has 4 fully saturated rings. The van der Waals surface area contributed by atoms with Crippen LogP contribution in [0, 0.1) is 23.2 Å². The smallest absolute Gasteiger partial charge is 0.234 e. The van der Waals surface area contributed by atoms with E-state index in [1.165, 1.54) is 49.9 Å². The fourth-order valence-electron chi connectivity index (χ4n) is 6.42. The van der Waals surface area contributed by atoms with Gasteiger partial charge in [-0.1, -0.05) is 11.3 Å². The molecule has 0 radical (unpaired) electrons. The van der Waals surface area contributed by atoms with Crippen LogP contribution in [0.15, 0.2) is 30.6 Å². The monoisotopic (exact) mass is 393 g/mol. The van der Waals surface area contributed by atoms with Gasteiger partial charge >= 0.3 is 0 Å². The van der Waals surface area contributed by atoms with E-state index in [2.05, 4.69) is 20.6 Å². The molecule has 4 bridgehead atoms. The lowest BCUT2D eigenvalue weighted by molar-refractivity contribution is -0.124. The molecule has 1 N–H and O–H groups in total. The van der Waals surface area contributed by atoms with Crippen LogP contribution < -0.4 is 5.32 Å². The number of amides is 1. The highest BCUT2D eigenvalue weighted by Crippen LogP contribution is 2.61. The molecule has 7 heteroatoms. The van der Waals surface area contributed by atoms with Gasteiger partial charge in [-0.05, 0) is 86.0 Å². The molecule has 2 aromatic heterocycles. The molecule has 144 valence electrons. The fourth-order valence-corrected chi connectivity index (χ4v) is 7.25. The van der Waals surface area contributed by atoms with Gasteiger partial charge in [0, 0.05) is 17.7 Å². The van der Waals surface area contributed by atoms with E-state index in [-0.39, 0.29) is 11.3 Å². The zero-order valence-electron chi connectivity index (χ0n) is 15.7. The average molecular weight is 394 g/mol. The summed E-state index contributed by atoms with van der Waals surface area (Å²) in [6.07, 6.45) is 10.4. The number of carbonyl (C=O) groups is 1. The number of hydrogen-bond acceptors (Lipinski definition) is 5. The third-order valence-corrected chi connectivity index (χ3v) is 7.97. The highest BCUT2D eigenvalue weighted by molar-refractivity contribution is 7.19. The Kier molecular flexibility index (Phi) is 3.63. The number of aromatic nitrogens is 4. The molecule has 28 heavy (non-hydrogen) atoms. The molecule has 1 amide bonds. The molecule has 1 aromatic carbocycles. The summed E-state index contributed by atoms with van der Waals surface area (Å²) in [5.41, 5.74) is 2.17. The van der Waals surface area contributed by atoms with E-state index in [0.29, 0.717) is 6.42 Å². The Hall–Kier alpha value is -2.28. The second-order valence-corrected chi connectivity index (χ2v) is 10.1. The lowest BCUT2D eigenvalue weighted by atomic mass is 9.49. The van der Waals surface area contributed by atoms with Crippen LogP contribution in [-0.2, 0) is 4.79 Å². The summed E-state index contributed by atoms with van der Waals surface area (Å²) in [6.45, 7) is 0. The van der Waals surface area contributed by atoms with Crippen molar-refractivity contribution in [3.8, 4) is 10.6 Å². The summed E-state index contributed by atoms with van der Waals surface area (Å²) < 4.78 is 1.68. The van der Waals surface area contributed by atoms with E-state index < -0.39 is 0 Å². The van der Waals surface area contributed by atoms with Crippen LogP contribution in [0.4, 0.5) is 5.69 Å². The molecule has 7 rings (SSSR count). The zero-order chi connectivity index (χ0) is 18.7. The summed E-state index contributed by atoms with van der Waals surface area (Å²) in [4.78, 5) is 13.6. The van der Waals surface area contributed by atoms with Gasteiger partial charge in [0.15, 0.2) is 0 Å². The number of fused-ring (bicyclic) bond motifs is 1. The van der Waals surface area contributed by atoms with Crippen molar-refractivity contribution >= 4 is 27.9 Å². The van der Waals surface area contributed by atoms with Crippen LogP contribution in [0.25, 0.3) is 15.5 Å². The first-order valence-corrected chi connectivity index (χ1v) is 11.0. The Balaban J connectivity index is 1.14. The molecule has 2 heterocycles. The molecule has 0 atom stereocenters. The average Bonchev–Trinajstić information content (AvgIpc) is 3.22. The van der Waals surface area contributed by atoms with Gasteiger partial charge in [0.25, 0.3) is 0 Å². The molecule has 0 aliphatic heterocycles. The second kappa shape index (κ2) is 6.11. The van der Waals surface area contributed by atoms with Crippen LogP contribution in [0.3, 0.4) is 0 Å². The first kappa shape index (κ1) is 16.7. The Bertz CT molecular complexity index is 973. The van der Waals surface area contributed by atoms with Gasteiger partial charge in [0.05, 0.1) is 0 Å². The van der Waals surface area contributed by atoms with Gasteiger partial charge in [-0.25, -0.2) is 0 Å². The molecule has 6 nitrogen and oxygen atoms in total. The minimum Gasteiger partial charge on any atom is -0.326 e. The van der Waals surface area contributed by atoms with E-state index in [1.54, 1.807) is 10.8 Å². The summed E-state index contributed by atoms with van der Waals surface area (Å²) in [6, 6.07) is 7.95. The van der Waals surface area contributed by atoms with E-state index in [1.807, 2.05) is 24.3 Å². The number of hydrogen-bond donors (Lipinski definition) is 1. The lowest BCUT2D eigenvalue weighted by Crippen LogP contribution is -2.47. The molecular weight excluding hydrogens is 370 g/mol. The Morgan fingerprint density at radius 2 is 1.79 bits per heavy atom. The molecule has 4 aliphatic rings. The Morgan fingerprint density at radius 1 is 1.11 bits per heavy atom. The minimum absolute atomic E-state index is 0.175. The van der Waals surface area contributed by atoms with Crippen LogP contribution in [-0.4, -0.2) is 25.7 Å². The highest BCUT2D eigenvalue weighted by Gasteiger charge is 2.51. The highest BCUT2D eigenvalue weighted by atomic mass is 32.1. The first-order chi connectivity index (χ1) is 13.6. The summed E-state index contributed by atoms with van der Waals surface area (Å²) in [5, 5.41) is 16.4. The molecule has 0 saturated heterocycles. The lowest BCUT2D eigenvalue weighted by Gasteiger charge is -2.56. The van der Waals surface area contributed by atoms with Crippen molar-refractivity contribution in [2.45, 2.75) is 44.9 Å². The molecule has 0 unspecified atom stereocenters. The van der Waals surface area contributed by atoms with Gasteiger partial charge in [-0.3, -0.25) is 4.79 Å². The third-order valence-electron chi connectivity index (χ3n) is 7.00. The fraction of sp³-hybridized carbons (Fsp3) is 0.524. The van der Waals surface area contributed by atoms with Crippen molar-refractivity contribution in [3.63, 3.8) is 0 Å². The van der Waals surface area contributed by atoms with Crippen LogP contribution >= 0.6 is 11.3 Å². The van der Waals surface area contributed by atoms with Crippen LogP contribution in [0.5, 0.6) is 0 Å². The van der Waals surface area contributed by atoms with Crippen molar-refractivity contribution in [3.05, 3.63) is 30.6 Å². The van der Waals surface area contributed by atoms with Crippen molar-refractivity contribution in [2.24, 2.45) is 23.2 Å². The van der Waals surface area contributed by atoms with Crippen molar-refractivity contribution in [2.75, 3.05) is 5.32 Å². The molecule has 4 aliphatic carbocycles. The quantitative estimate of drug-likeness (QED) is 0.713. The normalized spacial score (nSPS) is 30.8. The van der Waals surface area contributed by atoms with Crippen molar-refractivity contribution in [1.29, 1.82) is 0 Å². The molecule has 3 aromatic rings. The summed E-state index contributed by atoms with van der Waals surface area (Å²) in [7, 11) is 0. The van der Waals surface area contributed by atoms with Crippen molar-refractivity contribution in [1.82, 2.24) is 19.8 Å². The van der Waals surface area contributed by atoms with Crippen molar-refractivity contribution < 1.29 is 4.79 Å². The predicted octanol–water partition coefficient (Wildman–Crippen LogP) is 4.40. The van der Waals surface area contributed by atoms with E-state index in [4.69, 9.17) is 0 Å². The van der Waals surface area contributed by atoms with E-state index in [0.717, 1.165) is 39.0 Å². The standard InChI is InChI=1S/C21H23N5OS/c27-18(11-21-8-13-5-14(9-21)7-15(6-13)10-21)23-17-3-1-16(2-4-17)19-25-26-12-22-24-20(26)28-19/h1-4,12-15H,5-11H2,(H,23,27). The van der Waals surface area contributed by atoms with Crippen LogP contribution in [0.1, 0.15) is 44.9 Å². The Labute approximate surface area is 167 Å². The topological polar surface area (TPSA) is 72.2 Å². The van der Waals surface area contributed by atoms with Crippen LogP contribution in [0.2, 0.25) is 0 Å². The number of nitrogens with one attached hydrogen (secondary N) is 1. The predicted molar refractivity (Wildman–Crippen MR) is 108 cm³/mol. The molecular formula is C21H23N5OS. The maximum Gasteiger partial charge on any atom is 0.234 e.